The van der Waals surface area contributed by atoms with Crippen molar-refractivity contribution in [2.45, 2.75) is 71.9 Å². The highest BCUT2D eigenvalue weighted by molar-refractivity contribution is 5.95. The van der Waals surface area contributed by atoms with E-state index in [4.69, 9.17) is 0 Å². The molecule has 2 heterocycles. The molecule has 0 atom stereocenters. The molecule has 5 aliphatic rings. The molecule has 1 aromatic carbocycles. The summed E-state index contributed by atoms with van der Waals surface area (Å²) in [6.07, 6.45) is 10.4. The maximum Gasteiger partial charge on any atom is 0.231 e. The number of anilines is 1. The van der Waals surface area contributed by atoms with E-state index in [1.165, 1.54) is 44.1 Å². The predicted octanol–water partition coefficient (Wildman–Crippen LogP) is 5.22. The van der Waals surface area contributed by atoms with Gasteiger partial charge in [-0.1, -0.05) is 44.2 Å². The Morgan fingerprint density at radius 2 is 1.73 bits per heavy atom. The van der Waals surface area contributed by atoms with Gasteiger partial charge in [-0.2, -0.15) is 0 Å². The number of benzene rings is 1. The van der Waals surface area contributed by atoms with Crippen molar-refractivity contribution in [3.05, 3.63) is 53.5 Å². The Hall–Kier alpha value is -2.27. The molecule has 4 aliphatic carbocycles. The van der Waals surface area contributed by atoms with Gasteiger partial charge >= 0.3 is 0 Å². The van der Waals surface area contributed by atoms with Crippen molar-refractivity contribution in [3.63, 3.8) is 0 Å². The quantitative estimate of drug-likeness (QED) is 0.687. The molecule has 0 radical (unpaired) electrons. The van der Waals surface area contributed by atoms with E-state index in [0.717, 1.165) is 60.9 Å². The van der Waals surface area contributed by atoms with Crippen LogP contribution in [0.3, 0.4) is 0 Å². The van der Waals surface area contributed by atoms with Crippen LogP contribution in [0.1, 0.15) is 69.2 Å². The Kier molecular flexibility index (Phi) is 5.09. The summed E-state index contributed by atoms with van der Waals surface area (Å²) in [6.45, 7) is 7.07. The monoisotopic (exact) mass is 444 g/mol. The first-order valence-electron chi connectivity index (χ1n) is 12.8. The minimum absolute atomic E-state index is 0.150. The number of hydrogen-bond acceptors (Lipinski definition) is 4. The molecule has 1 amide bonds. The standard InChI is InChI=1S/C28H36N4O/c1-27(2,28-13-20-10-21(14-28)12-22(11-20)15-28)26(33)31-25-23-8-9-32(17-24(23)29-18-30-25)16-19-6-4-3-5-7-19/h3-7,18,20-22H,8-17H2,1-2H3,(H,29,30,31,33). The van der Waals surface area contributed by atoms with Crippen LogP contribution in [0.5, 0.6) is 0 Å². The minimum atomic E-state index is -0.380. The first-order chi connectivity index (χ1) is 15.9. The second-order valence-electron chi connectivity index (χ2n) is 11.9. The topological polar surface area (TPSA) is 58.1 Å². The van der Waals surface area contributed by atoms with Crippen molar-refractivity contribution in [1.29, 1.82) is 0 Å². The number of amides is 1. The van der Waals surface area contributed by atoms with E-state index in [0.29, 0.717) is 0 Å². The van der Waals surface area contributed by atoms with E-state index in [1.54, 1.807) is 6.33 Å². The summed E-state index contributed by atoms with van der Waals surface area (Å²) in [4.78, 5) is 25.3. The molecule has 5 nitrogen and oxygen atoms in total. The van der Waals surface area contributed by atoms with Crippen molar-refractivity contribution in [2.24, 2.45) is 28.6 Å². The van der Waals surface area contributed by atoms with Crippen LogP contribution in [0.25, 0.3) is 0 Å². The average Bonchev–Trinajstić information content (AvgIpc) is 2.79. The van der Waals surface area contributed by atoms with Crippen molar-refractivity contribution >= 4 is 11.7 Å². The zero-order valence-electron chi connectivity index (χ0n) is 20.0. The summed E-state index contributed by atoms with van der Waals surface area (Å²) in [5.41, 5.74) is 3.27. The molecule has 33 heavy (non-hydrogen) atoms. The van der Waals surface area contributed by atoms with Gasteiger partial charge in [0.15, 0.2) is 0 Å². The molecule has 4 saturated carbocycles. The normalized spacial score (nSPS) is 30.8. The first-order valence-corrected chi connectivity index (χ1v) is 12.8. The number of carbonyl (C=O) groups is 1. The fraction of sp³-hybridized carbons (Fsp3) is 0.607. The Morgan fingerprint density at radius 1 is 1.06 bits per heavy atom. The predicted molar refractivity (Wildman–Crippen MR) is 129 cm³/mol. The van der Waals surface area contributed by atoms with E-state index in [2.05, 4.69) is 64.4 Å². The van der Waals surface area contributed by atoms with Crippen LogP contribution in [0.15, 0.2) is 36.7 Å². The number of nitrogens with one attached hydrogen (secondary N) is 1. The van der Waals surface area contributed by atoms with Crippen molar-refractivity contribution in [1.82, 2.24) is 14.9 Å². The minimum Gasteiger partial charge on any atom is -0.310 e. The smallest absolute Gasteiger partial charge is 0.231 e. The number of rotatable bonds is 5. The van der Waals surface area contributed by atoms with E-state index in [9.17, 15) is 4.79 Å². The van der Waals surface area contributed by atoms with E-state index < -0.39 is 0 Å². The lowest BCUT2D eigenvalue weighted by Gasteiger charge is -2.61. The largest absolute Gasteiger partial charge is 0.310 e. The number of nitrogens with zero attached hydrogens (tertiary/aromatic N) is 3. The molecule has 4 fully saturated rings. The third-order valence-electron chi connectivity index (χ3n) is 9.50. The van der Waals surface area contributed by atoms with Gasteiger partial charge < -0.3 is 5.32 Å². The number of hydrogen-bond donors (Lipinski definition) is 1. The van der Waals surface area contributed by atoms with Crippen LogP contribution < -0.4 is 5.32 Å². The van der Waals surface area contributed by atoms with E-state index >= 15 is 0 Å². The molecule has 1 aliphatic heterocycles. The summed E-state index contributed by atoms with van der Waals surface area (Å²) in [7, 11) is 0. The maximum absolute atomic E-state index is 13.8. The van der Waals surface area contributed by atoms with Gasteiger partial charge in [-0.3, -0.25) is 9.69 Å². The van der Waals surface area contributed by atoms with Gasteiger partial charge in [-0.25, -0.2) is 9.97 Å². The van der Waals surface area contributed by atoms with Gasteiger partial charge in [0, 0.05) is 30.6 Å². The number of fused-ring (bicyclic) bond motifs is 1. The fourth-order valence-corrected chi connectivity index (χ4v) is 7.87. The number of carbonyl (C=O) groups excluding carboxylic acids is 1. The van der Waals surface area contributed by atoms with Crippen LogP contribution in [0, 0.1) is 28.6 Å². The Bertz CT molecular complexity index is 1010. The molecule has 174 valence electrons. The lowest BCUT2D eigenvalue weighted by Crippen LogP contribution is -2.56. The van der Waals surface area contributed by atoms with Crippen LogP contribution >= 0.6 is 0 Å². The van der Waals surface area contributed by atoms with Gasteiger partial charge in [-0.15, -0.1) is 0 Å². The molecular weight excluding hydrogens is 408 g/mol. The Labute approximate surface area is 197 Å². The van der Waals surface area contributed by atoms with E-state index in [-0.39, 0.29) is 16.7 Å². The number of aromatic nitrogens is 2. The van der Waals surface area contributed by atoms with Gasteiger partial charge in [0.1, 0.15) is 12.1 Å². The van der Waals surface area contributed by atoms with Crippen molar-refractivity contribution in [2.75, 3.05) is 11.9 Å². The SMILES string of the molecule is CC(C)(C(=O)Nc1ncnc2c1CCN(Cc1ccccc1)C2)C12CC3CC(CC(C3)C1)C2. The molecule has 0 saturated heterocycles. The van der Waals surface area contributed by atoms with Crippen LogP contribution in [0.4, 0.5) is 5.82 Å². The molecular formula is C28H36N4O. The molecule has 5 heteroatoms. The van der Waals surface area contributed by atoms with E-state index in [1.807, 2.05) is 0 Å². The third-order valence-corrected chi connectivity index (χ3v) is 9.50. The van der Waals surface area contributed by atoms with Gasteiger partial charge in [0.05, 0.1) is 5.69 Å². The van der Waals surface area contributed by atoms with Crippen LogP contribution in [-0.4, -0.2) is 27.3 Å². The second kappa shape index (κ2) is 7.90. The molecule has 4 bridgehead atoms. The molecule has 0 unspecified atom stereocenters. The molecule has 7 rings (SSSR count). The highest BCUT2D eigenvalue weighted by atomic mass is 16.2. The lowest BCUT2D eigenvalue weighted by atomic mass is 9.43. The maximum atomic E-state index is 13.8. The Balaban J connectivity index is 1.19. The van der Waals surface area contributed by atoms with Crippen LogP contribution in [-0.2, 0) is 24.3 Å². The van der Waals surface area contributed by atoms with Crippen molar-refractivity contribution in [3.8, 4) is 0 Å². The molecule has 0 spiro atoms. The van der Waals surface area contributed by atoms with Crippen LogP contribution in [0.2, 0.25) is 0 Å². The zero-order chi connectivity index (χ0) is 22.6. The highest BCUT2D eigenvalue weighted by Crippen LogP contribution is 2.66. The summed E-state index contributed by atoms with van der Waals surface area (Å²) in [5, 5.41) is 3.29. The van der Waals surface area contributed by atoms with Gasteiger partial charge in [-0.05, 0) is 73.7 Å². The molecule has 1 N–H and O–H groups in total. The first kappa shape index (κ1) is 21.3. The fourth-order valence-electron chi connectivity index (χ4n) is 7.87. The highest BCUT2D eigenvalue weighted by Gasteiger charge is 2.59. The van der Waals surface area contributed by atoms with Gasteiger partial charge in [0.25, 0.3) is 0 Å². The molecule has 1 aromatic heterocycles. The second-order valence-corrected chi connectivity index (χ2v) is 11.9. The summed E-state index contributed by atoms with van der Waals surface area (Å²) in [6, 6.07) is 10.6. The Morgan fingerprint density at radius 3 is 2.39 bits per heavy atom. The zero-order valence-corrected chi connectivity index (χ0v) is 20.0. The summed E-state index contributed by atoms with van der Waals surface area (Å²) >= 11 is 0. The summed E-state index contributed by atoms with van der Waals surface area (Å²) < 4.78 is 0. The average molecular weight is 445 g/mol. The van der Waals surface area contributed by atoms with Crippen molar-refractivity contribution < 1.29 is 4.79 Å². The molecule has 2 aromatic rings. The summed E-state index contributed by atoms with van der Waals surface area (Å²) in [5.74, 6) is 3.40. The third kappa shape index (κ3) is 3.69. The lowest BCUT2D eigenvalue weighted by molar-refractivity contribution is -0.151. The van der Waals surface area contributed by atoms with Gasteiger partial charge in [0.2, 0.25) is 5.91 Å².